The van der Waals surface area contributed by atoms with Gasteiger partial charge in [0.1, 0.15) is 11.4 Å². The fourth-order valence-electron chi connectivity index (χ4n) is 5.76. The molecule has 1 aromatic heterocycles. The first-order valence-corrected chi connectivity index (χ1v) is 15.7. The molecule has 0 atom stereocenters. The highest BCUT2D eigenvalue weighted by Crippen LogP contribution is 2.40. The van der Waals surface area contributed by atoms with Crippen LogP contribution in [-0.2, 0) is 14.8 Å². The van der Waals surface area contributed by atoms with Crippen LogP contribution >= 0.6 is 0 Å². The van der Waals surface area contributed by atoms with Crippen LogP contribution in [0.15, 0.2) is 24.4 Å². The van der Waals surface area contributed by atoms with Gasteiger partial charge in [0.25, 0.3) is 11.8 Å². The molecule has 3 heterocycles. The number of fused-ring (bicyclic) bond motifs is 1. The SMILES string of the molecule is COc1cc(C(=O)NC2CCN(S(C)(=O)=O)CC2)ccc1Nc1ncc2c(n1)N(C1CCCC1)CC(F)(F)C(=O)N2C. The fraction of sp³-hybridized carbons (Fsp3) is 0.556. The van der Waals surface area contributed by atoms with Crippen molar-refractivity contribution in [3.8, 4) is 5.75 Å². The Balaban J connectivity index is 1.34. The van der Waals surface area contributed by atoms with Crippen molar-refractivity contribution in [3.05, 3.63) is 30.0 Å². The molecule has 2 amide bonds. The van der Waals surface area contributed by atoms with Gasteiger partial charge in [-0.25, -0.2) is 17.7 Å². The van der Waals surface area contributed by atoms with Crippen LogP contribution in [-0.4, -0.2) is 92.6 Å². The Morgan fingerprint density at radius 3 is 2.48 bits per heavy atom. The minimum Gasteiger partial charge on any atom is -0.495 e. The number of ether oxygens (including phenoxy) is 1. The average molecular weight is 608 g/mol. The lowest BCUT2D eigenvalue weighted by atomic mass is 10.1. The molecule has 12 nitrogen and oxygen atoms in total. The van der Waals surface area contributed by atoms with E-state index in [9.17, 15) is 26.8 Å². The zero-order valence-electron chi connectivity index (χ0n) is 23.8. The number of nitrogens with one attached hydrogen (secondary N) is 2. The van der Waals surface area contributed by atoms with Gasteiger partial charge in [-0.15, -0.1) is 0 Å². The Hall–Kier alpha value is -3.59. The molecule has 15 heteroatoms. The normalized spacial score (nSPS) is 20.3. The number of methoxy groups -OCH3 is 1. The third kappa shape index (κ3) is 6.11. The Kier molecular flexibility index (Phi) is 8.25. The zero-order chi connectivity index (χ0) is 30.2. The number of amides is 2. The van der Waals surface area contributed by atoms with E-state index in [0.29, 0.717) is 42.9 Å². The lowest BCUT2D eigenvalue weighted by Gasteiger charge is -2.31. The lowest BCUT2D eigenvalue weighted by Crippen LogP contribution is -2.48. The average Bonchev–Trinajstić information content (AvgIpc) is 3.48. The molecule has 0 unspecified atom stereocenters. The van der Waals surface area contributed by atoms with Gasteiger partial charge < -0.3 is 25.2 Å². The molecule has 3 aliphatic rings. The molecule has 0 bridgehead atoms. The van der Waals surface area contributed by atoms with Crippen molar-refractivity contribution in [2.75, 3.05) is 55.2 Å². The molecule has 2 fully saturated rings. The number of carbonyl (C=O) groups excluding carboxylic acids is 2. The Morgan fingerprint density at radius 1 is 1.14 bits per heavy atom. The Labute approximate surface area is 243 Å². The van der Waals surface area contributed by atoms with Crippen LogP contribution < -0.4 is 25.2 Å². The molecule has 5 rings (SSSR count). The summed E-state index contributed by atoms with van der Waals surface area (Å²) >= 11 is 0. The number of carbonyl (C=O) groups is 2. The molecule has 1 saturated carbocycles. The van der Waals surface area contributed by atoms with E-state index in [4.69, 9.17) is 4.74 Å². The number of benzene rings is 1. The number of alkyl halides is 2. The highest BCUT2D eigenvalue weighted by Gasteiger charge is 2.48. The number of piperidine rings is 1. The molecule has 0 spiro atoms. The highest BCUT2D eigenvalue weighted by molar-refractivity contribution is 7.88. The standard InChI is InChI=1S/C27H35F2N7O5S/c1-34-21-15-30-26(33-23(21)36(19-6-4-5-7-19)16-27(28,29)25(34)38)32-20-9-8-17(14-22(20)41-2)24(37)31-18-10-12-35(13-11-18)42(3,39)40/h8-9,14-15,18-19H,4-7,10-13,16H2,1-3H3,(H,31,37)(H,30,32,33). The van der Waals surface area contributed by atoms with E-state index >= 15 is 0 Å². The van der Waals surface area contributed by atoms with Crippen molar-refractivity contribution in [1.82, 2.24) is 19.6 Å². The lowest BCUT2D eigenvalue weighted by molar-refractivity contribution is -0.140. The fourth-order valence-corrected chi connectivity index (χ4v) is 6.63. The number of hydrogen-bond donors (Lipinski definition) is 2. The van der Waals surface area contributed by atoms with Gasteiger partial charge in [0.05, 0.1) is 31.8 Å². The molecule has 1 aromatic carbocycles. The van der Waals surface area contributed by atoms with Crippen LogP contribution in [0, 0.1) is 0 Å². The van der Waals surface area contributed by atoms with Gasteiger partial charge in [-0.05, 0) is 43.9 Å². The summed E-state index contributed by atoms with van der Waals surface area (Å²) in [6, 6.07) is 4.47. The largest absolute Gasteiger partial charge is 0.495 e. The summed E-state index contributed by atoms with van der Waals surface area (Å²) in [6.07, 6.45) is 6.84. The second-order valence-electron chi connectivity index (χ2n) is 11.0. The summed E-state index contributed by atoms with van der Waals surface area (Å²) in [5.41, 5.74) is 1.00. The number of nitrogens with zero attached hydrogens (tertiary/aromatic N) is 5. The Morgan fingerprint density at radius 2 is 1.83 bits per heavy atom. The van der Waals surface area contributed by atoms with E-state index in [1.807, 2.05) is 0 Å². The number of sulfonamides is 1. The molecular formula is C27H35F2N7O5S. The van der Waals surface area contributed by atoms with Crippen LogP contribution in [0.1, 0.15) is 48.9 Å². The quantitative estimate of drug-likeness (QED) is 0.487. The number of aromatic nitrogens is 2. The molecule has 2 aliphatic heterocycles. The minimum absolute atomic E-state index is 0.121. The van der Waals surface area contributed by atoms with Crippen molar-refractivity contribution in [2.45, 2.75) is 56.5 Å². The number of anilines is 4. The van der Waals surface area contributed by atoms with Crippen LogP contribution in [0.25, 0.3) is 0 Å². The smallest absolute Gasteiger partial charge is 0.342 e. The van der Waals surface area contributed by atoms with E-state index in [1.54, 1.807) is 18.2 Å². The van der Waals surface area contributed by atoms with Gasteiger partial charge in [0, 0.05) is 37.8 Å². The predicted octanol–water partition coefficient (Wildman–Crippen LogP) is 2.74. The van der Waals surface area contributed by atoms with E-state index in [-0.39, 0.29) is 35.4 Å². The summed E-state index contributed by atoms with van der Waals surface area (Å²) in [5.74, 6) is -4.49. The summed E-state index contributed by atoms with van der Waals surface area (Å²) in [6.45, 7) is -0.0717. The maximum atomic E-state index is 14.9. The third-order valence-electron chi connectivity index (χ3n) is 8.10. The van der Waals surface area contributed by atoms with E-state index in [0.717, 1.165) is 30.6 Å². The predicted molar refractivity (Wildman–Crippen MR) is 153 cm³/mol. The van der Waals surface area contributed by atoms with Gasteiger partial charge in [-0.3, -0.25) is 9.59 Å². The van der Waals surface area contributed by atoms with E-state index in [1.165, 1.54) is 35.8 Å². The number of rotatable bonds is 7. The van der Waals surface area contributed by atoms with Crippen molar-refractivity contribution in [1.29, 1.82) is 0 Å². The van der Waals surface area contributed by atoms with Crippen molar-refractivity contribution < 1.29 is 31.5 Å². The summed E-state index contributed by atoms with van der Waals surface area (Å²) < 4.78 is 60.1. The van der Waals surface area contributed by atoms with Gasteiger partial charge >= 0.3 is 5.92 Å². The maximum Gasteiger partial charge on any atom is 0.342 e. The van der Waals surface area contributed by atoms with Gasteiger partial charge in [0.2, 0.25) is 16.0 Å². The zero-order valence-corrected chi connectivity index (χ0v) is 24.6. The first kappa shape index (κ1) is 29.9. The van der Waals surface area contributed by atoms with Gasteiger partial charge in [0.15, 0.2) is 5.82 Å². The Bertz CT molecular complexity index is 1460. The van der Waals surface area contributed by atoms with Gasteiger partial charge in [-0.2, -0.15) is 13.8 Å². The first-order chi connectivity index (χ1) is 19.9. The topological polar surface area (TPSA) is 137 Å². The van der Waals surface area contributed by atoms with Crippen LogP contribution in [0.2, 0.25) is 0 Å². The first-order valence-electron chi connectivity index (χ1n) is 13.9. The van der Waals surface area contributed by atoms with Crippen LogP contribution in [0.5, 0.6) is 5.75 Å². The number of halogens is 2. The summed E-state index contributed by atoms with van der Waals surface area (Å²) in [4.78, 5) is 36.8. The molecule has 2 N–H and O–H groups in total. The monoisotopic (exact) mass is 607 g/mol. The van der Waals surface area contributed by atoms with Crippen LogP contribution in [0.4, 0.5) is 31.9 Å². The molecule has 1 aliphatic carbocycles. The second kappa shape index (κ2) is 11.6. The minimum atomic E-state index is -3.57. The van der Waals surface area contributed by atoms with Crippen molar-refractivity contribution in [3.63, 3.8) is 0 Å². The molecule has 1 saturated heterocycles. The third-order valence-corrected chi connectivity index (χ3v) is 9.41. The number of hydrogen-bond acceptors (Lipinski definition) is 9. The maximum absolute atomic E-state index is 14.9. The molecule has 228 valence electrons. The van der Waals surface area contributed by atoms with Crippen LogP contribution in [0.3, 0.4) is 0 Å². The summed E-state index contributed by atoms with van der Waals surface area (Å²) in [5, 5.41) is 6.01. The van der Waals surface area contributed by atoms with Crippen molar-refractivity contribution in [2.24, 2.45) is 0 Å². The summed E-state index contributed by atoms with van der Waals surface area (Å²) in [7, 11) is -0.514. The molecule has 0 radical (unpaired) electrons. The highest BCUT2D eigenvalue weighted by atomic mass is 32.2. The second-order valence-corrected chi connectivity index (χ2v) is 13.0. The molecule has 2 aromatic rings. The van der Waals surface area contributed by atoms with Crippen molar-refractivity contribution >= 4 is 45.0 Å². The van der Waals surface area contributed by atoms with E-state index < -0.39 is 28.4 Å². The molecular weight excluding hydrogens is 572 g/mol. The van der Waals surface area contributed by atoms with Gasteiger partial charge in [-0.1, -0.05) is 12.8 Å². The van der Waals surface area contributed by atoms with E-state index in [2.05, 4.69) is 20.6 Å². The molecule has 42 heavy (non-hydrogen) atoms.